The van der Waals surface area contributed by atoms with Gasteiger partial charge in [-0.15, -0.1) is 0 Å². The minimum absolute atomic E-state index is 0.0187. The monoisotopic (exact) mass is 485 g/mol. The number of nitrogens with zero attached hydrogens (tertiary/aromatic N) is 4. The smallest absolute Gasteiger partial charge is 0.317 e. The summed E-state index contributed by atoms with van der Waals surface area (Å²) < 4.78 is 11.3. The molecule has 2 heterocycles. The number of benzene rings is 2. The van der Waals surface area contributed by atoms with Crippen LogP contribution in [0.4, 0.5) is 4.79 Å². The number of carbonyl (C=O) groups is 1. The molecule has 1 aliphatic carbocycles. The summed E-state index contributed by atoms with van der Waals surface area (Å²) in [5.41, 5.74) is 4.24. The Morgan fingerprint density at radius 3 is 2.78 bits per heavy atom. The van der Waals surface area contributed by atoms with Gasteiger partial charge >= 0.3 is 6.03 Å². The highest BCUT2D eigenvalue weighted by molar-refractivity contribution is 5.76. The van der Waals surface area contributed by atoms with E-state index >= 15 is 0 Å². The predicted molar refractivity (Wildman–Crippen MR) is 135 cm³/mol. The number of hydrogen-bond acceptors (Lipinski definition) is 6. The molecule has 36 heavy (non-hydrogen) atoms. The Morgan fingerprint density at radius 2 is 2.03 bits per heavy atom. The molecular formula is C28H31N5O3. The minimum Gasteiger partial charge on any atom is -0.490 e. The molecule has 8 heteroatoms. The lowest BCUT2D eigenvalue weighted by Gasteiger charge is -2.31. The summed E-state index contributed by atoms with van der Waals surface area (Å²) in [6.45, 7) is 7.71. The van der Waals surface area contributed by atoms with Gasteiger partial charge in [-0.3, -0.25) is 0 Å². The average molecular weight is 486 g/mol. The molecule has 2 aromatic carbocycles. The van der Waals surface area contributed by atoms with Crippen LogP contribution < -0.4 is 10.1 Å². The number of fused-ring (bicyclic) bond motifs is 1. The van der Waals surface area contributed by atoms with Crippen molar-refractivity contribution in [2.24, 2.45) is 5.92 Å². The first kappa shape index (κ1) is 23.9. The second-order valence-electron chi connectivity index (χ2n) is 10.00. The number of carbonyl (C=O) groups excluding carboxylic acids is 1. The number of hydrogen-bond donors (Lipinski definition) is 1. The molecule has 0 spiro atoms. The normalized spacial score (nSPS) is 17.6. The Bertz CT molecular complexity index is 1300. The molecule has 1 aliphatic heterocycles. The Kier molecular flexibility index (Phi) is 6.64. The number of aromatic nitrogens is 2. The molecule has 8 nitrogen and oxygen atoms in total. The van der Waals surface area contributed by atoms with Crippen LogP contribution in [0.15, 0.2) is 40.9 Å². The second kappa shape index (κ2) is 10.0. The summed E-state index contributed by atoms with van der Waals surface area (Å²) in [5, 5.41) is 17.0. The van der Waals surface area contributed by atoms with E-state index in [2.05, 4.69) is 34.5 Å². The van der Waals surface area contributed by atoms with Gasteiger partial charge in [-0.1, -0.05) is 30.3 Å². The second-order valence-corrected chi connectivity index (χ2v) is 10.00. The van der Waals surface area contributed by atoms with Crippen molar-refractivity contribution in [3.63, 3.8) is 0 Å². The van der Waals surface area contributed by atoms with Crippen molar-refractivity contribution in [2.45, 2.75) is 58.6 Å². The SMILES string of the molecule is CC1CCN(C(=O)N[C@H]2CCc3c(-c4noc(-c5ccc(OC(C)C)c(C#N)c5)n4)cccc32)CC1. The molecule has 1 atom stereocenters. The zero-order valence-electron chi connectivity index (χ0n) is 21.0. The first-order chi connectivity index (χ1) is 17.4. The number of nitrogens with one attached hydrogen (secondary N) is 1. The van der Waals surface area contributed by atoms with Gasteiger partial charge in [0.05, 0.1) is 17.7 Å². The third-order valence-electron chi connectivity index (χ3n) is 7.02. The third-order valence-corrected chi connectivity index (χ3v) is 7.02. The number of nitriles is 1. The van der Waals surface area contributed by atoms with E-state index in [9.17, 15) is 10.1 Å². The van der Waals surface area contributed by atoms with Crippen LogP contribution in [0.25, 0.3) is 22.8 Å². The summed E-state index contributed by atoms with van der Waals surface area (Å²) >= 11 is 0. The molecule has 1 fully saturated rings. The molecule has 186 valence electrons. The van der Waals surface area contributed by atoms with E-state index in [1.54, 1.807) is 12.1 Å². The maximum atomic E-state index is 12.9. The fourth-order valence-electron chi connectivity index (χ4n) is 5.02. The van der Waals surface area contributed by atoms with Crippen molar-refractivity contribution >= 4 is 6.03 Å². The van der Waals surface area contributed by atoms with Crippen molar-refractivity contribution < 1.29 is 14.1 Å². The summed E-state index contributed by atoms with van der Waals surface area (Å²) in [7, 11) is 0. The van der Waals surface area contributed by atoms with Gasteiger partial charge < -0.3 is 19.5 Å². The van der Waals surface area contributed by atoms with Crippen molar-refractivity contribution in [3.05, 3.63) is 53.1 Å². The van der Waals surface area contributed by atoms with Crippen LogP contribution in [0.3, 0.4) is 0 Å². The average Bonchev–Trinajstić information content (AvgIpc) is 3.52. The van der Waals surface area contributed by atoms with E-state index in [0.717, 1.165) is 55.5 Å². The van der Waals surface area contributed by atoms with Gasteiger partial charge in [-0.05, 0) is 74.8 Å². The topological polar surface area (TPSA) is 104 Å². The summed E-state index contributed by atoms with van der Waals surface area (Å²) in [5.74, 6) is 2.06. The van der Waals surface area contributed by atoms with Gasteiger partial charge in [0.15, 0.2) is 0 Å². The van der Waals surface area contributed by atoms with E-state index in [1.165, 1.54) is 0 Å². The maximum Gasteiger partial charge on any atom is 0.317 e. The molecule has 2 amide bonds. The van der Waals surface area contributed by atoms with Crippen molar-refractivity contribution in [3.8, 4) is 34.7 Å². The number of urea groups is 1. The summed E-state index contributed by atoms with van der Waals surface area (Å²) in [6, 6.07) is 13.5. The number of likely N-dealkylation sites (tertiary alicyclic amines) is 1. The lowest BCUT2D eigenvalue weighted by molar-refractivity contribution is 0.170. The molecule has 0 bridgehead atoms. The summed E-state index contributed by atoms with van der Waals surface area (Å²) in [6.07, 6.45) is 3.76. The van der Waals surface area contributed by atoms with E-state index < -0.39 is 0 Å². The van der Waals surface area contributed by atoms with Crippen LogP contribution in [-0.4, -0.2) is 40.3 Å². The molecule has 1 N–H and O–H groups in total. The van der Waals surface area contributed by atoms with Gasteiger partial charge in [0.2, 0.25) is 5.82 Å². The van der Waals surface area contributed by atoms with Gasteiger partial charge in [0, 0.05) is 24.2 Å². The van der Waals surface area contributed by atoms with Crippen molar-refractivity contribution in [1.29, 1.82) is 5.26 Å². The van der Waals surface area contributed by atoms with Crippen LogP contribution in [0.2, 0.25) is 0 Å². The van der Waals surface area contributed by atoms with Crippen LogP contribution in [0.1, 0.15) is 62.8 Å². The Hall–Kier alpha value is -3.86. The number of amides is 2. The highest BCUT2D eigenvalue weighted by Gasteiger charge is 2.30. The molecule has 5 rings (SSSR count). The third kappa shape index (κ3) is 4.78. The lowest BCUT2D eigenvalue weighted by atomic mass is 9.99. The van der Waals surface area contributed by atoms with Crippen LogP contribution >= 0.6 is 0 Å². The molecule has 0 unspecified atom stereocenters. The van der Waals surface area contributed by atoms with Gasteiger partial charge in [0.1, 0.15) is 11.8 Å². The van der Waals surface area contributed by atoms with Crippen LogP contribution in [-0.2, 0) is 6.42 Å². The standard InChI is InChI=1S/C28H31N5O3/c1-17(2)35-25-10-7-19(15-20(25)16-29)27-31-26(32-36-27)23-6-4-5-22-21(23)8-9-24(22)30-28(34)33-13-11-18(3)12-14-33/h4-7,10,15,17-18,24H,8-9,11-14H2,1-3H3,(H,30,34)/t24-/m0/s1. The minimum atomic E-state index is -0.0321. The molecular weight excluding hydrogens is 454 g/mol. The lowest BCUT2D eigenvalue weighted by Crippen LogP contribution is -2.45. The number of piperidine rings is 1. The molecule has 0 radical (unpaired) electrons. The fourth-order valence-corrected chi connectivity index (χ4v) is 5.02. The van der Waals surface area contributed by atoms with Gasteiger partial charge in [-0.25, -0.2) is 4.79 Å². The Balaban J connectivity index is 1.35. The molecule has 1 saturated heterocycles. The maximum absolute atomic E-state index is 12.9. The highest BCUT2D eigenvalue weighted by atomic mass is 16.5. The van der Waals surface area contributed by atoms with Crippen molar-refractivity contribution in [2.75, 3.05) is 13.1 Å². The molecule has 1 aromatic heterocycles. The first-order valence-electron chi connectivity index (χ1n) is 12.7. The Labute approximate surface area is 211 Å². The zero-order valence-corrected chi connectivity index (χ0v) is 21.0. The quantitative estimate of drug-likeness (QED) is 0.512. The van der Waals surface area contributed by atoms with Gasteiger partial charge in [0.25, 0.3) is 5.89 Å². The molecule has 0 saturated carbocycles. The number of rotatable bonds is 5. The van der Waals surface area contributed by atoms with E-state index in [4.69, 9.17) is 9.26 Å². The fraction of sp³-hybridized carbons (Fsp3) is 0.429. The number of ether oxygens (including phenoxy) is 1. The molecule has 3 aromatic rings. The largest absolute Gasteiger partial charge is 0.490 e. The van der Waals surface area contributed by atoms with Crippen LogP contribution in [0, 0.1) is 17.2 Å². The first-order valence-corrected chi connectivity index (χ1v) is 12.7. The van der Waals surface area contributed by atoms with Crippen LogP contribution in [0.5, 0.6) is 5.75 Å². The molecule has 2 aliphatic rings. The van der Waals surface area contributed by atoms with Gasteiger partial charge in [-0.2, -0.15) is 10.2 Å². The predicted octanol–water partition coefficient (Wildman–Crippen LogP) is 5.49. The highest BCUT2D eigenvalue weighted by Crippen LogP contribution is 2.38. The Morgan fingerprint density at radius 1 is 1.22 bits per heavy atom. The van der Waals surface area contributed by atoms with E-state index in [1.807, 2.05) is 36.9 Å². The van der Waals surface area contributed by atoms with E-state index in [0.29, 0.717) is 34.5 Å². The van der Waals surface area contributed by atoms with Crippen molar-refractivity contribution in [1.82, 2.24) is 20.4 Å². The zero-order chi connectivity index (χ0) is 25.2. The van der Waals surface area contributed by atoms with E-state index in [-0.39, 0.29) is 18.2 Å². The summed E-state index contributed by atoms with van der Waals surface area (Å²) in [4.78, 5) is 19.4.